The summed E-state index contributed by atoms with van der Waals surface area (Å²) in [5.41, 5.74) is 5.33. The minimum absolute atomic E-state index is 0.0691. The zero-order valence-corrected chi connectivity index (χ0v) is 13.2. The summed E-state index contributed by atoms with van der Waals surface area (Å²) in [5, 5.41) is 6.39. The van der Waals surface area contributed by atoms with Crippen LogP contribution < -0.4 is 16.4 Å². The smallest absolute Gasteiger partial charge is 0.270 e. The molecule has 22 heavy (non-hydrogen) atoms. The van der Waals surface area contributed by atoms with Crippen molar-refractivity contribution in [3.63, 3.8) is 0 Å². The highest BCUT2D eigenvalue weighted by molar-refractivity contribution is 7.20. The van der Waals surface area contributed by atoms with Crippen molar-refractivity contribution in [1.29, 1.82) is 0 Å². The number of hydrogen-bond donors (Lipinski definition) is 3. The summed E-state index contributed by atoms with van der Waals surface area (Å²) in [6.07, 6.45) is 4.63. The Bertz CT molecular complexity index is 678. The summed E-state index contributed by atoms with van der Waals surface area (Å²) in [6, 6.07) is 0. The van der Waals surface area contributed by atoms with Gasteiger partial charge in [0.1, 0.15) is 10.8 Å². The number of thiazole rings is 1. The minimum atomic E-state index is -0.670. The van der Waals surface area contributed by atoms with Gasteiger partial charge in [-0.1, -0.05) is 18.3 Å². The fourth-order valence-corrected chi connectivity index (χ4v) is 2.79. The first-order chi connectivity index (χ1) is 10.5. The molecule has 2 heterocycles. The van der Waals surface area contributed by atoms with Crippen molar-refractivity contribution in [2.75, 3.05) is 17.7 Å². The number of hydrogen-bond acceptors (Lipinski definition) is 6. The van der Waals surface area contributed by atoms with Gasteiger partial charge in [0.25, 0.3) is 5.91 Å². The van der Waals surface area contributed by atoms with E-state index >= 15 is 0 Å². The zero-order chi connectivity index (χ0) is 16.1. The number of carbonyl (C=O) groups excluding carboxylic acids is 2. The van der Waals surface area contributed by atoms with Gasteiger partial charge in [-0.25, -0.2) is 9.97 Å². The number of nitrogens with one attached hydrogen (secondary N) is 2. The molecule has 0 fully saturated rings. The number of nitrogens with zero attached hydrogens (tertiary/aromatic N) is 3. The minimum Gasteiger partial charge on any atom is -0.365 e. The second-order valence-corrected chi connectivity index (χ2v) is 5.50. The van der Waals surface area contributed by atoms with Gasteiger partial charge in [0.15, 0.2) is 10.8 Å². The first kappa shape index (κ1) is 16.0. The van der Waals surface area contributed by atoms with Crippen LogP contribution in [0.4, 0.5) is 10.1 Å². The number of aryl methyl sites for hydroxylation is 2. The summed E-state index contributed by atoms with van der Waals surface area (Å²) in [6.45, 7) is 2.53. The van der Waals surface area contributed by atoms with Crippen LogP contribution in [0, 0.1) is 0 Å². The molecular formula is C13H18N6O2S. The second-order valence-electron chi connectivity index (χ2n) is 4.50. The summed E-state index contributed by atoms with van der Waals surface area (Å²) in [7, 11) is 1.68. The normalized spacial score (nSPS) is 10.5. The second kappa shape index (κ2) is 7.03. The van der Waals surface area contributed by atoms with Crippen LogP contribution in [0.1, 0.15) is 29.7 Å². The molecule has 118 valence electrons. The topological polar surface area (TPSA) is 115 Å². The molecule has 0 unspecified atom stereocenters. The highest BCUT2D eigenvalue weighted by Gasteiger charge is 2.17. The van der Waals surface area contributed by atoms with E-state index in [1.165, 1.54) is 11.3 Å². The first-order valence-electron chi connectivity index (χ1n) is 6.83. The molecule has 2 rings (SSSR count). The van der Waals surface area contributed by atoms with Crippen molar-refractivity contribution in [3.8, 4) is 0 Å². The Morgan fingerprint density at radius 2 is 2.23 bits per heavy atom. The molecule has 0 spiro atoms. The van der Waals surface area contributed by atoms with Gasteiger partial charge in [0, 0.05) is 38.8 Å². The van der Waals surface area contributed by atoms with Crippen molar-refractivity contribution >= 4 is 33.3 Å². The molecule has 4 N–H and O–H groups in total. The molecule has 0 radical (unpaired) electrons. The lowest BCUT2D eigenvalue weighted by molar-refractivity contribution is -0.116. The van der Waals surface area contributed by atoms with E-state index in [2.05, 4.69) is 20.6 Å². The quantitative estimate of drug-likeness (QED) is 0.705. The number of nitrogens with two attached hydrogens (primary N) is 1. The SMILES string of the molecule is CCc1nccn1CCC(=O)Nc1sc(NC)nc1C(N)=O. The maximum absolute atomic E-state index is 12.0. The van der Waals surface area contributed by atoms with Gasteiger partial charge in [0.2, 0.25) is 5.91 Å². The molecule has 0 aliphatic rings. The molecule has 0 atom stereocenters. The number of rotatable bonds is 7. The van der Waals surface area contributed by atoms with Crippen LogP contribution in [0.5, 0.6) is 0 Å². The van der Waals surface area contributed by atoms with Gasteiger partial charge in [-0.2, -0.15) is 0 Å². The highest BCUT2D eigenvalue weighted by atomic mass is 32.1. The zero-order valence-electron chi connectivity index (χ0n) is 12.4. The average Bonchev–Trinajstić information content (AvgIpc) is 3.10. The number of primary amides is 1. The van der Waals surface area contributed by atoms with Crippen LogP contribution in [0.2, 0.25) is 0 Å². The van der Waals surface area contributed by atoms with Crippen LogP contribution in [0.15, 0.2) is 12.4 Å². The first-order valence-corrected chi connectivity index (χ1v) is 7.65. The molecule has 8 nitrogen and oxygen atoms in total. The Morgan fingerprint density at radius 3 is 2.86 bits per heavy atom. The standard InChI is InChI=1S/C13H18N6O2S/c1-3-8-16-5-7-19(8)6-4-9(20)17-12-10(11(14)21)18-13(15-2)22-12/h5,7H,3-4,6H2,1-2H3,(H2,14,21)(H,15,18)(H,17,20). The Balaban J connectivity index is 2.00. The molecule has 2 amide bonds. The molecule has 2 aromatic heterocycles. The van der Waals surface area contributed by atoms with Crippen LogP contribution in [-0.2, 0) is 17.8 Å². The van der Waals surface area contributed by atoms with Gasteiger partial charge >= 0.3 is 0 Å². The fraction of sp³-hybridized carbons (Fsp3) is 0.385. The van der Waals surface area contributed by atoms with Gasteiger partial charge in [-0.05, 0) is 0 Å². The Labute approximate surface area is 131 Å². The van der Waals surface area contributed by atoms with E-state index in [0.717, 1.165) is 12.2 Å². The van der Waals surface area contributed by atoms with E-state index in [9.17, 15) is 9.59 Å². The fourth-order valence-electron chi connectivity index (χ4n) is 1.95. The predicted molar refractivity (Wildman–Crippen MR) is 85.0 cm³/mol. The predicted octanol–water partition coefficient (Wildman–Crippen LogP) is 1.07. The number of carbonyl (C=O) groups is 2. The monoisotopic (exact) mass is 322 g/mol. The van der Waals surface area contributed by atoms with Gasteiger partial charge in [0.05, 0.1) is 0 Å². The molecule has 0 saturated heterocycles. The van der Waals surface area contributed by atoms with Crippen LogP contribution in [-0.4, -0.2) is 33.4 Å². The molecular weight excluding hydrogens is 304 g/mol. The maximum Gasteiger partial charge on any atom is 0.270 e. The lowest BCUT2D eigenvalue weighted by atomic mass is 10.3. The third-order valence-electron chi connectivity index (χ3n) is 3.03. The molecule has 0 saturated carbocycles. The molecule has 9 heteroatoms. The Morgan fingerprint density at radius 1 is 1.45 bits per heavy atom. The van der Waals surface area contributed by atoms with Crippen LogP contribution >= 0.6 is 11.3 Å². The van der Waals surface area contributed by atoms with Crippen molar-refractivity contribution in [2.24, 2.45) is 5.73 Å². The Kier molecular flexibility index (Phi) is 5.10. The average molecular weight is 322 g/mol. The third kappa shape index (κ3) is 3.61. The van der Waals surface area contributed by atoms with E-state index in [1.807, 2.05) is 17.7 Å². The van der Waals surface area contributed by atoms with E-state index < -0.39 is 5.91 Å². The van der Waals surface area contributed by atoms with Crippen molar-refractivity contribution < 1.29 is 9.59 Å². The Hall–Kier alpha value is -2.42. The summed E-state index contributed by atoms with van der Waals surface area (Å²) in [5.74, 6) is 0.0568. The highest BCUT2D eigenvalue weighted by Crippen LogP contribution is 2.28. The third-order valence-corrected chi connectivity index (χ3v) is 4.01. The summed E-state index contributed by atoms with van der Waals surface area (Å²) < 4.78 is 1.93. The van der Waals surface area contributed by atoms with Gasteiger partial charge in [-0.3, -0.25) is 9.59 Å². The number of aromatic nitrogens is 3. The lowest BCUT2D eigenvalue weighted by Crippen LogP contribution is -2.18. The molecule has 0 bridgehead atoms. The van der Waals surface area contributed by atoms with Crippen molar-refractivity contribution in [2.45, 2.75) is 26.3 Å². The van der Waals surface area contributed by atoms with Crippen molar-refractivity contribution in [1.82, 2.24) is 14.5 Å². The lowest BCUT2D eigenvalue weighted by Gasteiger charge is -2.07. The number of anilines is 2. The summed E-state index contributed by atoms with van der Waals surface area (Å²) in [4.78, 5) is 31.6. The van der Waals surface area contributed by atoms with Crippen LogP contribution in [0.3, 0.4) is 0 Å². The van der Waals surface area contributed by atoms with Gasteiger partial charge < -0.3 is 20.9 Å². The van der Waals surface area contributed by atoms with E-state index in [1.54, 1.807) is 13.2 Å². The van der Waals surface area contributed by atoms with E-state index in [4.69, 9.17) is 5.73 Å². The number of amides is 2. The van der Waals surface area contributed by atoms with E-state index in [0.29, 0.717) is 16.7 Å². The largest absolute Gasteiger partial charge is 0.365 e. The molecule has 0 aromatic carbocycles. The van der Waals surface area contributed by atoms with Crippen molar-refractivity contribution in [3.05, 3.63) is 23.9 Å². The van der Waals surface area contributed by atoms with Crippen LogP contribution in [0.25, 0.3) is 0 Å². The van der Waals surface area contributed by atoms with E-state index in [-0.39, 0.29) is 18.0 Å². The molecule has 0 aliphatic heterocycles. The molecule has 2 aromatic rings. The molecule has 0 aliphatic carbocycles. The summed E-state index contributed by atoms with van der Waals surface area (Å²) >= 11 is 1.17. The maximum atomic E-state index is 12.0. The van der Waals surface area contributed by atoms with Gasteiger partial charge in [-0.15, -0.1) is 0 Å². The number of imidazole rings is 1.